The number of carbonyl (C=O) groups is 3. The van der Waals surface area contributed by atoms with Crippen molar-refractivity contribution < 1.29 is 32.7 Å². The van der Waals surface area contributed by atoms with E-state index in [1.165, 1.54) is 6.92 Å². The first-order valence-corrected chi connectivity index (χ1v) is 8.14. The number of carboxylic acids is 1. The number of hydrogen-bond acceptors (Lipinski definition) is 4. The van der Waals surface area contributed by atoms with Crippen LogP contribution in [0.1, 0.15) is 31.4 Å². The van der Waals surface area contributed by atoms with Gasteiger partial charge in [0.15, 0.2) is 0 Å². The van der Waals surface area contributed by atoms with E-state index < -0.39 is 42.5 Å². The van der Waals surface area contributed by atoms with Gasteiger partial charge in [0.25, 0.3) is 0 Å². The molecule has 0 aromatic heterocycles. The van der Waals surface area contributed by atoms with Gasteiger partial charge in [0.05, 0.1) is 16.9 Å². The van der Waals surface area contributed by atoms with Crippen LogP contribution in [0.15, 0.2) is 29.4 Å². The van der Waals surface area contributed by atoms with Crippen molar-refractivity contribution in [3.05, 3.63) is 35.5 Å². The Morgan fingerprint density at radius 3 is 2.43 bits per heavy atom. The summed E-state index contributed by atoms with van der Waals surface area (Å²) in [6, 6.07) is 1.75. The van der Waals surface area contributed by atoms with E-state index in [-0.39, 0.29) is 16.9 Å². The highest BCUT2D eigenvalue weighted by molar-refractivity contribution is 6.15. The monoisotopic (exact) mass is 399 g/mol. The van der Waals surface area contributed by atoms with Crippen LogP contribution in [0.4, 0.5) is 24.5 Å². The minimum absolute atomic E-state index is 0.0660. The van der Waals surface area contributed by atoms with E-state index in [9.17, 15) is 27.6 Å². The van der Waals surface area contributed by atoms with Crippen molar-refractivity contribution in [2.24, 2.45) is 4.99 Å². The van der Waals surface area contributed by atoms with Gasteiger partial charge in [-0.1, -0.05) is 6.08 Å². The summed E-state index contributed by atoms with van der Waals surface area (Å²) >= 11 is 0. The molecule has 0 aliphatic carbocycles. The van der Waals surface area contributed by atoms with Gasteiger partial charge in [-0.15, -0.1) is 0 Å². The number of benzene rings is 1. The van der Waals surface area contributed by atoms with Crippen molar-refractivity contribution in [1.82, 2.24) is 0 Å². The number of fused-ring (bicyclic) bond motifs is 1. The third-order valence-corrected chi connectivity index (χ3v) is 3.50. The fourth-order valence-corrected chi connectivity index (χ4v) is 2.36. The summed E-state index contributed by atoms with van der Waals surface area (Å²) in [7, 11) is 0. The van der Waals surface area contributed by atoms with Crippen LogP contribution in [0.2, 0.25) is 0 Å². The quantitative estimate of drug-likeness (QED) is 0.601. The summed E-state index contributed by atoms with van der Waals surface area (Å²) in [6.45, 7) is 4.28. The maximum absolute atomic E-state index is 12.9. The number of alkyl halides is 3. The van der Waals surface area contributed by atoms with E-state index in [0.29, 0.717) is 6.07 Å². The number of rotatable bonds is 3. The van der Waals surface area contributed by atoms with Gasteiger partial charge in [-0.3, -0.25) is 24.3 Å². The molecule has 0 fully saturated rings. The minimum Gasteiger partial charge on any atom is -0.480 e. The standard InChI is InChI=1S/C13H11F3N2O4.C5H9N/c1-6-2-9-8(3-7(6)13(14,15)16)17-10(19)4-11(20)18(9)5-12(21)22;1-3-5-6-4-2/h2-3H,4-5H2,1H3,(H,17,19)(H,21,22);3-5H,1-2H3/b;5-3-,6-4?. The van der Waals surface area contributed by atoms with E-state index in [2.05, 4.69) is 10.3 Å². The molecule has 1 aromatic rings. The SMILES string of the molecule is CC=N/C=C\C.Cc1cc2c(cc1C(F)(F)F)NC(=O)CC(=O)N2CC(=O)O. The minimum atomic E-state index is -4.63. The van der Waals surface area contributed by atoms with Crippen molar-refractivity contribution in [2.45, 2.75) is 33.4 Å². The zero-order valence-electron chi connectivity index (χ0n) is 15.5. The molecule has 1 aromatic carbocycles. The van der Waals surface area contributed by atoms with Crippen molar-refractivity contribution >= 4 is 35.4 Å². The lowest BCUT2D eigenvalue weighted by molar-refractivity contribution is -0.138. The molecule has 1 aliphatic heterocycles. The second kappa shape index (κ2) is 9.67. The molecule has 1 aliphatic rings. The third-order valence-electron chi connectivity index (χ3n) is 3.50. The van der Waals surface area contributed by atoms with Crippen LogP contribution in [0, 0.1) is 6.92 Å². The molecule has 2 amide bonds. The smallest absolute Gasteiger partial charge is 0.416 e. The van der Waals surface area contributed by atoms with Crippen LogP contribution >= 0.6 is 0 Å². The molecule has 0 unspecified atom stereocenters. The average molecular weight is 399 g/mol. The molecule has 0 radical (unpaired) electrons. The van der Waals surface area contributed by atoms with Crippen LogP contribution in [-0.4, -0.2) is 35.6 Å². The van der Waals surface area contributed by atoms with Crippen LogP contribution in [0.3, 0.4) is 0 Å². The molecule has 2 rings (SSSR count). The summed E-state index contributed by atoms with van der Waals surface area (Å²) in [5.41, 5.74) is -1.44. The van der Waals surface area contributed by atoms with Gasteiger partial charge >= 0.3 is 12.1 Å². The molecule has 0 saturated heterocycles. The van der Waals surface area contributed by atoms with Gasteiger partial charge in [0.2, 0.25) is 11.8 Å². The van der Waals surface area contributed by atoms with Crippen LogP contribution in [0.5, 0.6) is 0 Å². The summed E-state index contributed by atoms with van der Waals surface area (Å²) in [6.07, 6.45) is 0.125. The first kappa shape index (κ1) is 22.9. The maximum Gasteiger partial charge on any atom is 0.416 e. The number of halogens is 3. The molecule has 0 spiro atoms. The Balaban J connectivity index is 0.000000568. The highest BCUT2D eigenvalue weighted by Gasteiger charge is 2.35. The lowest BCUT2D eigenvalue weighted by Crippen LogP contribution is -2.35. The number of nitrogens with one attached hydrogen (secondary N) is 1. The average Bonchev–Trinajstić information content (AvgIpc) is 2.68. The van der Waals surface area contributed by atoms with E-state index >= 15 is 0 Å². The van der Waals surface area contributed by atoms with E-state index in [0.717, 1.165) is 11.0 Å². The molecule has 1 heterocycles. The fourth-order valence-electron chi connectivity index (χ4n) is 2.36. The number of anilines is 2. The number of aryl methyl sites for hydroxylation is 1. The molecular weight excluding hydrogens is 379 g/mol. The third kappa shape index (κ3) is 6.22. The second-order valence-electron chi connectivity index (χ2n) is 5.67. The van der Waals surface area contributed by atoms with Gasteiger partial charge in [-0.05, 0) is 38.5 Å². The number of carbonyl (C=O) groups excluding carboxylic acids is 2. The van der Waals surface area contributed by atoms with Gasteiger partial charge < -0.3 is 10.4 Å². The Morgan fingerprint density at radius 2 is 1.96 bits per heavy atom. The van der Waals surface area contributed by atoms with Crippen LogP contribution in [0.25, 0.3) is 0 Å². The highest BCUT2D eigenvalue weighted by atomic mass is 19.4. The molecule has 0 saturated carbocycles. The number of aliphatic carboxylic acids is 1. The van der Waals surface area contributed by atoms with E-state index in [1.54, 1.807) is 12.4 Å². The molecule has 0 bridgehead atoms. The highest BCUT2D eigenvalue weighted by Crippen LogP contribution is 2.39. The van der Waals surface area contributed by atoms with Gasteiger partial charge in [0, 0.05) is 12.4 Å². The Labute approximate surface area is 159 Å². The Hall–Kier alpha value is -3.17. The topological polar surface area (TPSA) is 99.1 Å². The maximum atomic E-state index is 12.9. The fraction of sp³-hybridized carbons (Fsp3) is 0.333. The van der Waals surface area contributed by atoms with E-state index in [4.69, 9.17) is 5.11 Å². The van der Waals surface area contributed by atoms with Crippen molar-refractivity contribution in [3.63, 3.8) is 0 Å². The van der Waals surface area contributed by atoms with Gasteiger partial charge in [-0.25, -0.2) is 0 Å². The first-order valence-electron chi connectivity index (χ1n) is 8.14. The predicted octanol–water partition coefficient (Wildman–Crippen LogP) is 3.38. The first-order chi connectivity index (χ1) is 13.0. The molecule has 10 heteroatoms. The summed E-state index contributed by atoms with van der Waals surface area (Å²) in [4.78, 5) is 38.9. The summed E-state index contributed by atoms with van der Waals surface area (Å²) in [5.74, 6) is -2.93. The lowest BCUT2D eigenvalue weighted by Gasteiger charge is -2.22. The Kier molecular flexibility index (Phi) is 7.90. The van der Waals surface area contributed by atoms with Crippen molar-refractivity contribution in [1.29, 1.82) is 0 Å². The molecular formula is C18H20F3N3O4. The number of carboxylic acid groups (broad SMARTS) is 1. The van der Waals surface area contributed by atoms with Gasteiger partial charge in [0.1, 0.15) is 13.0 Å². The number of nitrogens with zero attached hydrogens (tertiary/aromatic N) is 2. The van der Waals surface area contributed by atoms with Crippen LogP contribution in [-0.2, 0) is 20.6 Å². The number of allylic oxidation sites excluding steroid dienone is 1. The number of aliphatic imine (C=N–C) groups is 1. The Bertz CT molecular complexity index is 807. The van der Waals surface area contributed by atoms with E-state index in [1.807, 2.05) is 19.9 Å². The largest absolute Gasteiger partial charge is 0.480 e. The molecule has 28 heavy (non-hydrogen) atoms. The molecule has 7 nitrogen and oxygen atoms in total. The summed E-state index contributed by atoms with van der Waals surface area (Å²) < 4.78 is 38.7. The molecule has 0 atom stereocenters. The number of amides is 2. The molecule has 152 valence electrons. The van der Waals surface area contributed by atoms with Gasteiger partial charge in [-0.2, -0.15) is 13.2 Å². The normalized spacial score (nSPS) is 14.4. The predicted molar refractivity (Wildman–Crippen MR) is 98.4 cm³/mol. The number of hydrogen-bond donors (Lipinski definition) is 2. The zero-order valence-corrected chi connectivity index (χ0v) is 15.5. The van der Waals surface area contributed by atoms with Crippen LogP contribution < -0.4 is 10.2 Å². The lowest BCUT2D eigenvalue weighted by atomic mass is 10.0. The Morgan fingerprint density at radius 1 is 1.32 bits per heavy atom. The van der Waals surface area contributed by atoms with Crippen molar-refractivity contribution in [3.8, 4) is 0 Å². The molecule has 2 N–H and O–H groups in total. The van der Waals surface area contributed by atoms with Crippen molar-refractivity contribution in [2.75, 3.05) is 16.8 Å². The second-order valence-corrected chi connectivity index (χ2v) is 5.67. The zero-order chi connectivity index (χ0) is 21.5. The summed E-state index contributed by atoms with van der Waals surface area (Å²) in [5, 5.41) is 11.0.